The Hall–Kier alpha value is -0.610. The zero-order chi connectivity index (χ0) is 12.9. The van der Waals surface area contributed by atoms with Crippen molar-refractivity contribution in [3.05, 3.63) is 0 Å². The van der Waals surface area contributed by atoms with Crippen molar-refractivity contribution in [3.63, 3.8) is 0 Å². The summed E-state index contributed by atoms with van der Waals surface area (Å²) in [6.07, 6.45) is 2.74. The molecule has 0 unspecified atom stereocenters. The van der Waals surface area contributed by atoms with E-state index in [2.05, 4.69) is 0 Å². The van der Waals surface area contributed by atoms with Crippen LogP contribution in [0.5, 0.6) is 0 Å². The number of esters is 1. The topological polar surface area (TPSA) is 55.8 Å². The van der Waals surface area contributed by atoms with Gasteiger partial charge in [-0.3, -0.25) is 4.79 Å². The Morgan fingerprint density at radius 3 is 2.47 bits per heavy atom. The van der Waals surface area contributed by atoms with Crippen molar-refractivity contribution in [2.24, 2.45) is 5.92 Å². The highest BCUT2D eigenvalue weighted by molar-refractivity contribution is 5.72. The average Bonchev–Trinajstić information content (AvgIpc) is 2.28. The molecule has 4 nitrogen and oxygen atoms in total. The zero-order valence-electron chi connectivity index (χ0n) is 11.1. The van der Waals surface area contributed by atoms with Gasteiger partial charge in [0.05, 0.1) is 30.8 Å². The van der Waals surface area contributed by atoms with E-state index in [4.69, 9.17) is 9.47 Å². The van der Waals surface area contributed by atoms with E-state index in [0.717, 1.165) is 0 Å². The first-order valence-electron chi connectivity index (χ1n) is 6.47. The zero-order valence-corrected chi connectivity index (χ0v) is 11.1. The molecule has 1 aliphatic carbocycles. The van der Waals surface area contributed by atoms with Gasteiger partial charge >= 0.3 is 5.97 Å². The first-order valence-corrected chi connectivity index (χ1v) is 6.47. The monoisotopic (exact) mass is 244 g/mol. The largest absolute Gasteiger partial charge is 0.466 e. The van der Waals surface area contributed by atoms with Gasteiger partial charge < -0.3 is 14.6 Å². The number of hydrogen-bond acceptors (Lipinski definition) is 4. The Labute approximate surface area is 103 Å². The number of carbonyl (C=O) groups excluding carboxylic acids is 1. The second-order valence-corrected chi connectivity index (χ2v) is 5.11. The minimum atomic E-state index is -0.757. The molecule has 0 atom stereocenters. The minimum absolute atomic E-state index is 0.0470. The van der Waals surface area contributed by atoms with Gasteiger partial charge in [0.25, 0.3) is 0 Å². The van der Waals surface area contributed by atoms with Crippen LogP contribution in [0.15, 0.2) is 0 Å². The molecule has 0 spiro atoms. The first-order chi connectivity index (χ1) is 7.97. The summed E-state index contributed by atoms with van der Waals surface area (Å²) in [5.41, 5.74) is -0.757. The van der Waals surface area contributed by atoms with E-state index in [1.165, 1.54) is 0 Å². The lowest BCUT2D eigenvalue weighted by molar-refractivity contribution is -0.153. The van der Waals surface area contributed by atoms with Crippen LogP contribution < -0.4 is 0 Å². The van der Waals surface area contributed by atoms with Crippen LogP contribution in [0.1, 0.15) is 46.5 Å². The van der Waals surface area contributed by atoms with Crippen molar-refractivity contribution in [2.45, 2.75) is 58.2 Å². The summed E-state index contributed by atoms with van der Waals surface area (Å²) in [6, 6.07) is 0. The Morgan fingerprint density at radius 2 is 2.00 bits per heavy atom. The average molecular weight is 244 g/mol. The summed E-state index contributed by atoms with van der Waals surface area (Å²) in [5, 5.41) is 10.3. The highest BCUT2D eigenvalue weighted by Gasteiger charge is 2.36. The molecule has 1 aliphatic rings. The Kier molecular flexibility index (Phi) is 5.40. The second-order valence-electron chi connectivity index (χ2n) is 5.11. The lowest BCUT2D eigenvalue weighted by Gasteiger charge is -2.35. The molecule has 0 aliphatic heterocycles. The predicted octanol–water partition coefficient (Wildman–Crippen LogP) is 1.90. The third-order valence-electron chi connectivity index (χ3n) is 3.22. The van der Waals surface area contributed by atoms with E-state index in [1.54, 1.807) is 0 Å². The Bertz CT molecular complexity index is 242. The van der Waals surface area contributed by atoms with E-state index < -0.39 is 5.60 Å². The molecule has 17 heavy (non-hydrogen) atoms. The van der Waals surface area contributed by atoms with Crippen molar-refractivity contribution in [1.82, 2.24) is 0 Å². The smallest absolute Gasteiger partial charge is 0.308 e. The molecular formula is C13H24O4. The maximum atomic E-state index is 11.5. The SMILES string of the molecule is CCOC(=O)C1CCC(O)(COC(C)C)CC1. The Balaban J connectivity index is 2.36. The molecule has 0 aromatic heterocycles. The number of ether oxygens (including phenoxy) is 2. The molecule has 0 saturated heterocycles. The van der Waals surface area contributed by atoms with Gasteiger partial charge in [-0.1, -0.05) is 0 Å². The molecule has 0 radical (unpaired) electrons. The van der Waals surface area contributed by atoms with Crippen LogP contribution in [0.3, 0.4) is 0 Å². The Morgan fingerprint density at radius 1 is 1.41 bits per heavy atom. The molecule has 1 rings (SSSR count). The normalized spacial score (nSPS) is 29.4. The van der Waals surface area contributed by atoms with Crippen molar-refractivity contribution in [2.75, 3.05) is 13.2 Å². The summed E-state index contributed by atoms with van der Waals surface area (Å²) in [5.74, 6) is -0.173. The molecule has 0 bridgehead atoms. The standard InChI is InChI=1S/C13H24O4/c1-4-16-12(14)11-5-7-13(15,8-6-11)9-17-10(2)3/h10-11,15H,4-9H2,1-3H3. The van der Waals surface area contributed by atoms with Crippen LogP contribution in [0, 0.1) is 5.92 Å². The third-order valence-corrected chi connectivity index (χ3v) is 3.22. The fourth-order valence-corrected chi connectivity index (χ4v) is 2.12. The van der Waals surface area contributed by atoms with Gasteiger partial charge in [0, 0.05) is 0 Å². The maximum absolute atomic E-state index is 11.5. The molecule has 1 saturated carbocycles. The fraction of sp³-hybridized carbons (Fsp3) is 0.923. The van der Waals surface area contributed by atoms with Crippen molar-refractivity contribution >= 4 is 5.97 Å². The molecule has 1 N–H and O–H groups in total. The van der Waals surface area contributed by atoms with Crippen LogP contribution in [-0.4, -0.2) is 36.0 Å². The van der Waals surface area contributed by atoms with Crippen LogP contribution in [0.25, 0.3) is 0 Å². The van der Waals surface area contributed by atoms with Gasteiger partial charge in [-0.05, 0) is 46.5 Å². The first kappa shape index (κ1) is 14.5. The van der Waals surface area contributed by atoms with Gasteiger partial charge in [-0.25, -0.2) is 0 Å². The van der Waals surface area contributed by atoms with Crippen molar-refractivity contribution in [3.8, 4) is 0 Å². The van der Waals surface area contributed by atoms with Gasteiger partial charge in [0.15, 0.2) is 0 Å². The number of rotatable bonds is 5. The van der Waals surface area contributed by atoms with Crippen molar-refractivity contribution < 1.29 is 19.4 Å². The molecule has 0 amide bonds. The molecule has 0 heterocycles. The molecule has 0 aromatic carbocycles. The lowest BCUT2D eigenvalue weighted by atomic mass is 9.79. The maximum Gasteiger partial charge on any atom is 0.308 e. The highest BCUT2D eigenvalue weighted by atomic mass is 16.5. The predicted molar refractivity (Wildman–Crippen MR) is 64.6 cm³/mol. The number of hydrogen-bond donors (Lipinski definition) is 1. The highest BCUT2D eigenvalue weighted by Crippen LogP contribution is 2.33. The van der Waals surface area contributed by atoms with Crippen molar-refractivity contribution in [1.29, 1.82) is 0 Å². The van der Waals surface area contributed by atoms with E-state index in [-0.39, 0.29) is 18.0 Å². The quantitative estimate of drug-likeness (QED) is 0.750. The lowest BCUT2D eigenvalue weighted by Crippen LogP contribution is -2.41. The summed E-state index contributed by atoms with van der Waals surface area (Å²) >= 11 is 0. The van der Waals surface area contributed by atoms with Gasteiger partial charge in [-0.15, -0.1) is 0 Å². The molecule has 4 heteroatoms. The molecular weight excluding hydrogens is 220 g/mol. The van der Waals surface area contributed by atoms with E-state index in [9.17, 15) is 9.90 Å². The molecule has 100 valence electrons. The summed E-state index contributed by atoms with van der Waals surface area (Å²) < 4.78 is 10.5. The van der Waals surface area contributed by atoms with Crippen LogP contribution in [-0.2, 0) is 14.3 Å². The van der Waals surface area contributed by atoms with Gasteiger partial charge in [-0.2, -0.15) is 0 Å². The summed E-state index contributed by atoms with van der Waals surface area (Å²) in [6.45, 7) is 6.50. The number of aliphatic hydroxyl groups is 1. The fourth-order valence-electron chi connectivity index (χ4n) is 2.12. The van der Waals surface area contributed by atoms with Crippen LogP contribution >= 0.6 is 0 Å². The van der Waals surface area contributed by atoms with Crippen LogP contribution in [0.4, 0.5) is 0 Å². The summed E-state index contributed by atoms with van der Waals surface area (Å²) in [4.78, 5) is 11.5. The van der Waals surface area contributed by atoms with Gasteiger partial charge in [0.1, 0.15) is 0 Å². The van der Waals surface area contributed by atoms with E-state index >= 15 is 0 Å². The third kappa shape index (κ3) is 4.64. The van der Waals surface area contributed by atoms with Crippen LogP contribution in [0.2, 0.25) is 0 Å². The minimum Gasteiger partial charge on any atom is -0.466 e. The van der Waals surface area contributed by atoms with E-state index in [0.29, 0.717) is 38.9 Å². The second kappa shape index (κ2) is 6.36. The molecule has 1 fully saturated rings. The molecule has 0 aromatic rings. The summed E-state index contributed by atoms with van der Waals surface area (Å²) in [7, 11) is 0. The number of carbonyl (C=O) groups is 1. The van der Waals surface area contributed by atoms with Gasteiger partial charge in [0.2, 0.25) is 0 Å². The van der Waals surface area contributed by atoms with E-state index in [1.807, 2.05) is 20.8 Å².